The van der Waals surface area contributed by atoms with Crippen LogP contribution in [0.15, 0.2) is 59.7 Å². The minimum absolute atomic E-state index is 0.0870. The second kappa shape index (κ2) is 8.29. The molecule has 1 aliphatic rings. The van der Waals surface area contributed by atoms with Gasteiger partial charge in [0.15, 0.2) is 5.65 Å². The topological polar surface area (TPSA) is 92.2 Å². The van der Waals surface area contributed by atoms with Crippen LogP contribution in [0.1, 0.15) is 0 Å². The van der Waals surface area contributed by atoms with E-state index in [0.29, 0.717) is 46.8 Å². The van der Waals surface area contributed by atoms with Crippen LogP contribution in [0, 0.1) is 11.6 Å². The molecule has 0 saturated heterocycles. The third-order valence-electron chi connectivity index (χ3n) is 6.33. The average molecular weight is 489 g/mol. The number of anilines is 2. The number of likely N-dealkylation sites (N-methyl/N-ethyl adjacent to an activating group) is 2. The van der Waals surface area contributed by atoms with Gasteiger partial charge in [0.2, 0.25) is 5.95 Å². The molecule has 4 heterocycles. The van der Waals surface area contributed by atoms with Crippen LogP contribution in [-0.4, -0.2) is 58.0 Å². The largest absolute Gasteiger partial charge is 0.485 e. The van der Waals surface area contributed by atoms with Crippen LogP contribution >= 0.6 is 0 Å². The Morgan fingerprint density at radius 1 is 1.14 bits per heavy atom. The van der Waals surface area contributed by atoms with Gasteiger partial charge >= 0.3 is 0 Å². The second-order valence-electron chi connectivity index (χ2n) is 8.77. The van der Waals surface area contributed by atoms with E-state index in [1.807, 2.05) is 19.0 Å². The molecular weight excluding hydrogens is 468 g/mol. The molecule has 0 fully saturated rings. The smallest absolute Gasteiger partial charge is 0.267 e. The molecule has 182 valence electrons. The molecule has 11 heteroatoms. The van der Waals surface area contributed by atoms with Gasteiger partial charge in [0, 0.05) is 26.4 Å². The van der Waals surface area contributed by atoms with E-state index < -0.39 is 11.4 Å². The van der Waals surface area contributed by atoms with Gasteiger partial charge in [-0.25, -0.2) is 13.8 Å². The maximum Gasteiger partial charge on any atom is 0.267 e. The van der Waals surface area contributed by atoms with Crippen LogP contribution in [0.4, 0.5) is 20.4 Å². The van der Waals surface area contributed by atoms with Crippen molar-refractivity contribution in [1.82, 2.24) is 24.7 Å². The number of nitrogens with one attached hydrogen (secondary N) is 1. The van der Waals surface area contributed by atoms with E-state index in [9.17, 15) is 13.6 Å². The molecule has 0 unspecified atom stereocenters. The zero-order valence-corrected chi connectivity index (χ0v) is 19.4. The summed E-state index contributed by atoms with van der Waals surface area (Å²) in [6.45, 7) is 0.950. The molecule has 0 radical (unpaired) electrons. The number of aromatic nitrogens is 5. The maximum absolute atomic E-state index is 14.8. The zero-order valence-electron chi connectivity index (χ0n) is 19.4. The van der Waals surface area contributed by atoms with Crippen LogP contribution in [-0.2, 0) is 0 Å². The molecule has 0 aliphatic carbocycles. The lowest BCUT2D eigenvalue weighted by Gasteiger charge is -2.35. The summed E-state index contributed by atoms with van der Waals surface area (Å²) in [5, 5.41) is 7.66. The van der Waals surface area contributed by atoms with Crippen molar-refractivity contribution in [3.05, 3.63) is 76.8 Å². The SMILES string of the molecule is CN(C[C@H]1CN(C)c2cc(F)ccc2O1)c1ncc2c3[nH]ncc3c(=O)n(-c3ccccc3F)c2n1. The summed E-state index contributed by atoms with van der Waals surface area (Å²) in [6, 6.07) is 10.5. The number of halogens is 2. The fourth-order valence-corrected chi connectivity index (χ4v) is 4.61. The number of nitrogens with zero attached hydrogens (tertiary/aromatic N) is 6. The number of para-hydroxylation sites is 1. The zero-order chi connectivity index (χ0) is 25.0. The number of fused-ring (bicyclic) bond motifs is 4. The molecule has 5 aromatic rings. The van der Waals surface area contributed by atoms with Crippen molar-refractivity contribution in [3.63, 3.8) is 0 Å². The summed E-state index contributed by atoms with van der Waals surface area (Å²) in [5.74, 6) is 0.0580. The van der Waals surface area contributed by atoms with E-state index in [0.717, 1.165) is 0 Å². The molecule has 3 aromatic heterocycles. The van der Waals surface area contributed by atoms with Crippen LogP contribution in [0.2, 0.25) is 0 Å². The van der Waals surface area contributed by atoms with Crippen molar-refractivity contribution in [2.45, 2.75) is 6.10 Å². The number of hydrogen-bond donors (Lipinski definition) is 1. The number of benzene rings is 2. The van der Waals surface area contributed by atoms with E-state index in [4.69, 9.17) is 4.74 Å². The third kappa shape index (κ3) is 3.51. The quantitative estimate of drug-likeness (QED) is 0.414. The molecule has 1 aliphatic heterocycles. The Labute approximate surface area is 203 Å². The van der Waals surface area contributed by atoms with Crippen molar-refractivity contribution in [2.75, 3.05) is 37.0 Å². The van der Waals surface area contributed by atoms with E-state index >= 15 is 0 Å². The molecule has 0 bridgehead atoms. The second-order valence-corrected chi connectivity index (χ2v) is 8.77. The van der Waals surface area contributed by atoms with Gasteiger partial charge in [-0.1, -0.05) is 12.1 Å². The van der Waals surface area contributed by atoms with Crippen LogP contribution in [0.3, 0.4) is 0 Å². The molecule has 36 heavy (non-hydrogen) atoms. The van der Waals surface area contributed by atoms with Crippen molar-refractivity contribution in [1.29, 1.82) is 0 Å². The summed E-state index contributed by atoms with van der Waals surface area (Å²) < 4.78 is 35.8. The standard InChI is InChI=1S/C25H21F2N7O2/c1-32-12-15(36-21-8-7-14(26)9-20(21)32)13-33(2)25-28-10-16-22-17(11-29-31-22)24(35)34(23(16)30-25)19-6-4-3-5-18(19)27/h3-11,15H,12-13H2,1-2H3,(H,29,31)/t15-/m1/s1. The fourth-order valence-electron chi connectivity index (χ4n) is 4.61. The normalized spacial score (nSPS) is 15.2. The number of hydrogen-bond acceptors (Lipinski definition) is 7. The van der Waals surface area contributed by atoms with Gasteiger partial charge in [0.05, 0.1) is 47.0 Å². The van der Waals surface area contributed by atoms with Gasteiger partial charge in [0.1, 0.15) is 23.5 Å². The van der Waals surface area contributed by atoms with Crippen LogP contribution in [0.25, 0.3) is 27.6 Å². The summed E-state index contributed by atoms with van der Waals surface area (Å²) in [6.07, 6.45) is 2.76. The molecule has 9 nitrogen and oxygen atoms in total. The molecule has 1 atom stereocenters. The number of pyridine rings is 1. The van der Waals surface area contributed by atoms with E-state index in [-0.39, 0.29) is 23.3 Å². The molecule has 0 spiro atoms. The lowest BCUT2D eigenvalue weighted by molar-refractivity contribution is 0.201. The van der Waals surface area contributed by atoms with Gasteiger partial charge in [-0.3, -0.25) is 14.5 Å². The van der Waals surface area contributed by atoms with Gasteiger partial charge in [-0.2, -0.15) is 10.1 Å². The predicted molar refractivity (Wildman–Crippen MR) is 132 cm³/mol. The Morgan fingerprint density at radius 2 is 1.97 bits per heavy atom. The average Bonchev–Trinajstić information content (AvgIpc) is 3.36. The molecule has 2 aromatic carbocycles. The molecule has 1 N–H and O–H groups in total. The van der Waals surface area contributed by atoms with E-state index in [1.54, 1.807) is 29.3 Å². The number of rotatable bonds is 4. The van der Waals surface area contributed by atoms with Crippen molar-refractivity contribution in [3.8, 4) is 11.4 Å². The summed E-state index contributed by atoms with van der Waals surface area (Å²) >= 11 is 0. The van der Waals surface area contributed by atoms with Gasteiger partial charge < -0.3 is 14.5 Å². The highest BCUT2D eigenvalue weighted by molar-refractivity contribution is 6.02. The Balaban J connectivity index is 1.41. The van der Waals surface area contributed by atoms with Crippen molar-refractivity contribution < 1.29 is 13.5 Å². The fraction of sp³-hybridized carbons (Fsp3) is 0.200. The Morgan fingerprint density at radius 3 is 2.81 bits per heavy atom. The first-order valence-corrected chi connectivity index (χ1v) is 11.3. The Bertz CT molecular complexity index is 1680. The van der Waals surface area contributed by atoms with Crippen LogP contribution < -0.4 is 20.1 Å². The third-order valence-corrected chi connectivity index (χ3v) is 6.33. The number of aromatic amines is 1. The summed E-state index contributed by atoms with van der Waals surface area (Å²) in [4.78, 5) is 26.3. The Kier molecular flexibility index (Phi) is 5.06. The first-order chi connectivity index (χ1) is 17.4. The monoisotopic (exact) mass is 489 g/mol. The predicted octanol–water partition coefficient (Wildman–Crippen LogP) is 3.27. The van der Waals surface area contributed by atoms with Gasteiger partial charge in [-0.05, 0) is 24.3 Å². The minimum atomic E-state index is -0.550. The number of ether oxygens (including phenoxy) is 1. The number of H-pyrrole nitrogens is 1. The minimum Gasteiger partial charge on any atom is -0.485 e. The maximum atomic E-state index is 14.8. The van der Waals surface area contributed by atoms with Crippen molar-refractivity contribution >= 4 is 33.6 Å². The lowest BCUT2D eigenvalue weighted by Crippen LogP contribution is -2.44. The summed E-state index contributed by atoms with van der Waals surface area (Å²) in [5.41, 5.74) is 1.07. The highest BCUT2D eigenvalue weighted by Crippen LogP contribution is 2.33. The first-order valence-electron chi connectivity index (χ1n) is 11.3. The van der Waals surface area contributed by atoms with Gasteiger partial charge in [0.25, 0.3) is 5.56 Å². The van der Waals surface area contributed by atoms with E-state index in [2.05, 4.69) is 20.2 Å². The lowest BCUT2D eigenvalue weighted by atomic mass is 10.2. The Hall–Kier alpha value is -4.54. The molecular formula is C25H21F2N7O2. The molecule has 0 saturated carbocycles. The van der Waals surface area contributed by atoms with Crippen LogP contribution in [0.5, 0.6) is 5.75 Å². The van der Waals surface area contributed by atoms with Gasteiger partial charge in [-0.15, -0.1) is 0 Å². The first kappa shape index (κ1) is 22.0. The molecule has 6 rings (SSSR count). The highest BCUT2D eigenvalue weighted by Gasteiger charge is 2.26. The molecule has 0 amide bonds. The van der Waals surface area contributed by atoms with Crippen molar-refractivity contribution in [2.24, 2.45) is 0 Å². The van der Waals surface area contributed by atoms with E-state index in [1.165, 1.54) is 35.0 Å². The summed E-state index contributed by atoms with van der Waals surface area (Å²) in [7, 11) is 3.69. The highest BCUT2D eigenvalue weighted by atomic mass is 19.1.